The maximum absolute atomic E-state index is 12.5. The zero-order valence-electron chi connectivity index (χ0n) is 13.7. The standard InChI is InChI=1S/C17H25NO4/c1-5-6-7-14(15(19)20)18-16(21)17(2,3)12-8-10-13(22-4)11-9-12/h8-11,14H,5-7H2,1-4H3,(H,18,21)(H,19,20)/t14-/m0/s1. The lowest BCUT2D eigenvalue weighted by atomic mass is 9.83. The second kappa shape index (κ2) is 7.82. The number of carbonyl (C=O) groups excluding carboxylic acids is 1. The van der Waals surface area contributed by atoms with Crippen molar-refractivity contribution >= 4 is 11.9 Å². The molecular formula is C17H25NO4. The number of hydrogen-bond donors (Lipinski definition) is 2. The van der Waals surface area contributed by atoms with E-state index in [2.05, 4.69) is 5.32 Å². The Morgan fingerprint density at radius 2 is 1.86 bits per heavy atom. The number of carboxylic acids is 1. The van der Waals surface area contributed by atoms with Gasteiger partial charge in [0, 0.05) is 0 Å². The monoisotopic (exact) mass is 307 g/mol. The van der Waals surface area contributed by atoms with Gasteiger partial charge in [0.15, 0.2) is 0 Å². The summed E-state index contributed by atoms with van der Waals surface area (Å²) < 4.78 is 5.10. The number of carbonyl (C=O) groups is 2. The van der Waals surface area contributed by atoms with Crippen LogP contribution in [0.5, 0.6) is 5.75 Å². The summed E-state index contributed by atoms with van der Waals surface area (Å²) >= 11 is 0. The number of ether oxygens (including phenoxy) is 1. The quantitative estimate of drug-likeness (QED) is 0.774. The smallest absolute Gasteiger partial charge is 0.326 e. The Hall–Kier alpha value is -2.04. The van der Waals surface area contributed by atoms with Gasteiger partial charge in [-0.2, -0.15) is 0 Å². The normalized spacial score (nSPS) is 12.5. The molecule has 0 saturated heterocycles. The Balaban J connectivity index is 2.85. The topological polar surface area (TPSA) is 75.6 Å². The first-order valence-corrected chi connectivity index (χ1v) is 7.51. The van der Waals surface area contributed by atoms with Crippen LogP contribution >= 0.6 is 0 Å². The van der Waals surface area contributed by atoms with Crippen molar-refractivity contribution in [1.82, 2.24) is 5.32 Å². The summed E-state index contributed by atoms with van der Waals surface area (Å²) in [6.07, 6.45) is 2.10. The fraction of sp³-hybridized carbons (Fsp3) is 0.529. The Bertz CT molecular complexity index is 508. The highest BCUT2D eigenvalue weighted by Gasteiger charge is 2.32. The summed E-state index contributed by atoms with van der Waals surface area (Å²) in [4.78, 5) is 23.7. The van der Waals surface area contributed by atoms with Gasteiger partial charge in [0.1, 0.15) is 11.8 Å². The minimum atomic E-state index is -0.993. The van der Waals surface area contributed by atoms with Crippen molar-refractivity contribution < 1.29 is 19.4 Å². The van der Waals surface area contributed by atoms with Crippen molar-refractivity contribution in [2.75, 3.05) is 7.11 Å². The van der Waals surface area contributed by atoms with E-state index in [1.54, 1.807) is 33.1 Å². The Kier molecular flexibility index (Phi) is 6.40. The molecule has 0 spiro atoms. The van der Waals surface area contributed by atoms with Gasteiger partial charge in [-0.1, -0.05) is 31.9 Å². The summed E-state index contributed by atoms with van der Waals surface area (Å²) in [5.41, 5.74) is -0.00272. The molecule has 0 unspecified atom stereocenters. The number of methoxy groups -OCH3 is 1. The number of carboxylic acid groups (broad SMARTS) is 1. The molecule has 22 heavy (non-hydrogen) atoms. The van der Waals surface area contributed by atoms with Gasteiger partial charge in [0.2, 0.25) is 5.91 Å². The van der Waals surface area contributed by atoms with Gasteiger partial charge in [-0.15, -0.1) is 0 Å². The van der Waals surface area contributed by atoms with Gasteiger partial charge in [-0.25, -0.2) is 4.79 Å². The molecule has 0 saturated carbocycles. The molecule has 1 rings (SSSR count). The van der Waals surface area contributed by atoms with Crippen LogP contribution in [-0.2, 0) is 15.0 Å². The van der Waals surface area contributed by atoms with Crippen molar-refractivity contribution in [2.24, 2.45) is 0 Å². The molecule has 122 valence electrons. The Morgan fingerprint density at radius 1 is 1.27 bits per heavy atom. The van der Waals surface area contributed by atoms with E-state index in [0.29, 0.717) is 12.2 Å². The molecule has 1 aromatic rings. The highest BCUT2D eigenvalue weighted by Crippen LogP contribution is 2.25. The first-order chi connectivity index (χ1) is 10.3. The zero-order valence-corrected chi connectivity index (χ0v) is 13.7. The average Bonchev–Trinajstić information content (AvgIpc) is 2.50. The van der Waals surface area contributed by atoms with Gasteiger partial charge in [0.05, 0.1) is 12.5 Å². The SMILES string of the molecule is CCCC[C@H](NC(=O)C(C)(C)c1ccc(OC)cc1)C(=O)O. The molecule has 1 atom stereocenters. The molecule has 1 amide bonds. The maximum atomic E-state index is 12.5. The van der Waals surface area contributed by atoms with Crippen molar-refractivity contribution in [3.05, 3.63) is 29.8 Å². The van der Waals surface area contributed by atoms with Crippen LogP contribution in [0.15, 0.2) is 24.3 Å². The van der Waals surface area contributed by atoms with Crippen LogP contribution in [0.4, 0.5) is 0 Å². The maximum Gasteiger partial charge on any atom is 0.326 e. The average molecular weight is 307 g/mol. The van der Waals surface area contributed by atoms with E-state index in [4.69, 9.17) is 4.74 Å². The van der Waals surface area contributed by atoms with E-state index in [1.165, 1.54) is 0 Å². The molecule has 0 heterocycles. The number of amides is 1. The molecule has 1 aromatic carbocycles. The van der Waals surface area contributed by atoms with Crippen LogP contribution in [0.3, 0.4) is 0 Å². The molecular weight excluding hydrogens is 282 g/mol. The van der Waals surface area contributed by atoms with Crippen LogP contribution in [-0.4, -0.2) is 30.1 Å². The number of rotatable bonds is 8. The molecule has 5 heteroatoms. The van der Waals surface area contributed by atoms with Gasteiger partial charge < -0.3 is 15.2 Å². The number of benzene rings is 1. The minimum absolute atomic E-state index is 0.291. The third kappa shape index (κ3) is 4.48. The highest BCUT2D eigenvalue weighted by atomic mass is 16.5. The first kappa shape index (κ1) is 18.0. The molecule has 0 aliphatic heterocycles. The summed E-state index contributed by atoms with van der Waals surface area (Å²) in [5, 5.41) is 11.9. The first-order valence-electron chi connectivity index (χ1n) is 7.51. The number of hydrogen-bond acceptors (Lipinski definition) is 3. The predicted octanol–water partition coefficient (Wildman–Crippen LogP) is 2.73. The number of nitrogens with one attached hydrogen (secondary N) is 1. The Morgan fingerprint density at radius 3 is 2.32 bits per heavy atom. The lowest BCUT2D eigenvalue weighted by molar-refractivity contribution is -0.142. The van der Waals surface area contributed by atoms with Crippen LogP contribution in [0.25, 0.3) is 0 Å². The van der Waals surface area contributed by atoms with E-state index in [1.807, 2.05) is 19.1 Å². The summed E-state index contributed by atoms with van der Waals surface area (Å²) in [6.45, 7) is 5.55. The van der Waals surface area contributed by atoms with Crippen LogP contribution in [0.1, 0.15) is 45.6 Å². The number of unbranched alkanes of at least 4 members (excludes halogenated alkanes) is 1. The molecule has 0 fully saturated rings. The minimum Gasteiger partial charge on any atom is -0.497 e. The van der Waals surface area contributed by atoms with Crippen molar-refractivity contribution in [1.29, 1.82) is 0 Å². The van der Waals surface area contributed by atoms with Gasteiger partial charge in [0.25, 0.3) is 0 Å². The third-order valence-electron chi connectivity index (χ3n) is 3.83. The predicted molar refractivity (Wildman–Crippen MR) is 85.1 cm³/mol. The molecule has 0 aliphatic carbocycles. The fourth-order valence-corrected chi connectivity index (χ4v) is 2.14. The second-order valence-corrected chi connectivity index (χ2v) is 5.86. The lowest BCUT2D eigenvalue weighted by Gasteiger charge is -2.26. The second-order valence-electron chi connectivity index (χ2n) is 5.86. The van der Waals surface area contributed by atoms with Gasteiger partial charge in [-0.3, -0.25) is 4.79 Å². The molecule has 0 bridgehead atoms. The summed E-state index contributed by atoms with van der Waals surface area (Å²) in [7, 11) is 1.58. The molecule has 0 radical (unpaired) electrons. The van der Waals surface area contributed by atoms with Crippen molar-refractivity contribution in [2.45, 2.75) is 51.5 Å². The molecule has 5 nitrogen and oxygen atoms in total. The number of aliphatic carboxylic acids is 1. The van der Waals surface area contributed by atoms with Crippen LogP contribution < -0.4 is 10.1 Å². The largest absolute Gasteiger partial charge is 0.497 e. The van der Waals surface area contributed by atoms with Crippen LogP contribution in [0.2, 0.25) is 0 Å². The summed E-state index contributed by atoms with van der Waals surface area (Å²) in [6, 6.07) is 6.37. The molecule has 0 aliphatic rings. The van der Waals surface area contributed by atoms with E-state index >= 15 is 0 Å². The highest BCUT2D eigenvalue weighted by molar-refractivity contribution is 5.90. The molecule has 2 N–H and O–H groups in total. The Labute approximate surface area is 131 Å². The zero-order chi connectivity index (χ0) is 16.8. The van der Waals surface area contributed by atoms with Crippen molar-refractivity contribution in [3.8, 4) is 5.75 Å². The summed E-state index contributed by atoms with van der Waals surface area (Å²) in [5.74, 6) is -0.570. The van der Waals surface area contributed by atoms with Crippen LogP contribution in [0, 0.1) is 0 Å². The van der Waals surface area contributed by atoms with E-state index in [0.717, 1.165) is 18.4 Å². The third-order valence-corrected chi connectivity index (χ3v) is 3.83. The fourth-order valence-electron chi connectivity index (χ4n) is 2.14. The van der Waals surface area contributed by atoms with E-state index < -0.39 is 17.4 Å². The lowest BCUT2D eigenvalue weighted by Crippen LogP contribution is -2.48. The van der Waals surface area contributed by atoms with Gasteiger partial charge >= 0.3 is 5.97 Å². The van der Waals surface area contributed by atoms with Crippen molar-refractivity contribution in [3.63, 3.8) is 0 Å². The van der Waals surface area contributed by atoms with Gasteiger partial charge in [-0.05, 0) is 38.0 Å². The van der Waals surface area contributed by atoms with E-state index in [9.17, 15) is 14.7 Å². The molecule has 0 aromatic heterocycles. The van der Waals surface area contributed by atoms with E-state index in [-0.39, 0.29) is 5.91 Å².